The van der Waals surface area contributed by atoms with Crippen LogP contribution in [0.2, 0.25) is 0 Å². The summed E-state index contributed by atoms with van der Waals surface area (Å²) in [4.78, 5) is 28.4. The number of amides is 1. The maximum atomic E-state index is 13.1. The summed E-state index contributed by atoms with van der Waals surface area (Å²) in [6.07, 6.45) is 0. The predicted molar refractivity (Wildman–Crippen MR) is 107 cm³/mol. The zero-order valence-electron chi connectivity index (χ0n) is 15.7. The van der Waals surface area contributed by atoms with Gasteiger partial charge in [-0.15, -0.1) is 0 Å². The summed E-state index contributed by atoms with van der Waals surface area (Å²) in [5.74, 6) is -1.33. The van der Waals surface area contributed by atoms with Crippen LogP contribution >= 0.6 is 15.9 Å². The number of piperazine rings is 1. The van der Waals surface area contributed by atoms with E-state index in [4.69, 9.17) is 4.74 Å². The Hall–Kier alpha value is -2.25. The first kappa shape index (κ1) is 20.5. The molecule has 1 aliphatic rings. The van der Waals surface area contributed by atoms with Gasteiger partial charge in [0.1, 0.15) is 5.82 Å². The van der Waals surface area contributed by atoms with Crippen molar-refractivity contribution < 1.29 is 18.7 Å². The Morgan fingerprint density at radius 2 is 1.86 bits per heavy atom. The summed E-state index contributed by atoms with van der Waals surface area (Å²) >= 11 is 3.13. The molecule has 5 nitrogen and oxygen atoms in total. The molecule has 0 spiro atoms. The minimum Gasteiger partial charge on any atom is -0.452 e. The molecule has 3 rings (SSSR count). The second-order valence-corrected chi connectivity index (χ2v) is 7.70. The molecule has 0 unspecified atom stereocenters. The van der Waals surface area contributed by atoms with Crippen molar-refractivity contribution in [1.82, 2.24) is 9.80 Å². The lowest BCUT2D eigenvalue weighted by Crippen LogP contribution is -2.49. The van der Waals surface area contributed by atoms with Gasteiger partial charge in [0.15, 0.2) is 6.61 Å². The van der Waals surface area contributed by atoms with Crippen molar-refractivity contribution in [1.29, 1.82) is 0 Å². The Bertz CT molecular complexity index is 866. The van der Waals surface area contributed by atoms with Crippen molar-refractivity contribution in [2.24, 2.45) is 0 Å². The highest BCUT2D eigenvalue weighted by atomic mass is 79.9. The van der Waals surface area contributed by atoms with Crippen molar-refractivity contribution >= 4 is 27.8 Å². The lowest BCUT2D eigenvalue weighted by atomic mass is 10.1. The number of hydrogen-bond donors (Lipinski definition) is 0. The van der Waals surface area contributed by atoms with Gasteiger partial charge in [0, 0.05) is 37.2 Å². The summed E-state index contributed by atoms with van der Waals surface area (Å²) in [7, 11) is 0. The second kappa shape index (κ2) is 9.30. The monoisotopic (exact) mass is 448 g/mol. The second-order valence-electron chi connectivity index (χ2n) is 6.85. The minimum atomic E-state index is -0.654. The molecular weight excluding hydrogens is 427 g/mol. The van der Waals surface area contributed by atoms with E-state index >= 15 is 0 Å². The van der Waals surface area contributed by atoms with E-state index < -0.39 is 11.8 Å². The van der Waals surface area contributed by atoms with Gasteiger partial charge in [0.2, 0.25) is 0 Å². The SMILES string of the molecule is Cc1cccc(CN2CCN(C(=O)COC(=O)c3ccc(F)cc3Br)CC2)c1. The molecule has 2 aromatic carbocycles. The van der Waals surface area contributed by atoms with Crippen molar-refractivity contribution in [2.75, 3.05) is 32.8 Å². The van der Waals surface area contributed by atoms with Crippen LogP contribution in [-0.2, 0) is 16.1 Å². The quantitative estimate of drug-likeness (QED) is 0.657. The molecule has 7 heteroatoms. The summed E-state index contributed by atoms with van der Waals surface area (Å²) in [5, 5.41) is 0. The highest BCUT2D eigenvalue weighted by Crippen LogP contribution is 2.19. The Morgan fingerprint density at radius 3 is 2.54 bits per heavy atom. The maximum Gasteiger partial charge on any atom is 0.339 e. The number of nitrogens with zero attached hydrogens (tertiary/aromatic N) is 2. The number of ether oxygens (including phenoxy) is 1. The highest BCUT2D eigenvalue weighted by molar-refractivity contribution is 9.10. The van der Waals surface area contributed by atoms with Crippen LogP contribution in [0.25, 0.3) is 0 Å². The summed E-state index contributed by atoms with van der Waals surface area (Å²) in [5.41, 5.74) is 2.69. The Labute approximate surface area is 172 Å². The van der Waals surface area contributed by atoms with Crippen LogP contribution in [0.5, 0.6) is 0 Å². The molecule has 0 aliphatic carbocycles. The van der Waals surface area contributed by atoms with E-state index in [1.165, 1.54) is 29.3 Å². The predicted octanol–water partition coefficient (Wildman–Crippen LogP) is 3.40. The van der Waals surface area contributed by atoms with Gasteiger partial charge in [-0.25, -0.2) is 9.18 Å². The molecule has 28 heavy (non-hydrogen) atoms. The molecule has 0 N–H and O–H groups in total. The first-order valence-corrected chi connectivity index (χ1v) is 9.89. The molecule has 0 atom stereocenters. The Balaban J connectivity index is 1.45. The fraction of sp³-hybridized carbons (Fsp3) is 0.333. The number of benzene rings is 2. The molecule has 1 heterocycles. The van der Waals surface area contributed by atoms with E-state index in [1.54, 1.807) is 4.90 Å². The largest absolute Gasteiger partial charge is 0.452 e. The van der Waals surface area contributed by atoms with Crippen molar-refractivity contribution in [2.45, 2.75) is 13.5 Å². The average molecular weight is 449 g/mol. The van der Waals surface area contributed by atoms with Crippen LogP contribution in [0.15, 0.2) is 46.9 Å². The van der Waals surface area contributed by atoms with Crippen LogP contribution in [-0.4, -0.2) is 54.5 Å². The van der Waals surface area contributed by atoms with Gasteiger partial charge in [-0.05, 0) is 46.6 Å². The highest BCUT2D eigenvalue weighted by Gasteiger charge is 2.22. The summed E-state index contributed by atoms with van der Waals surface area (Å²) < 4.78 is 18.5. The third-order valence-electron chi connectivity index (χ3n) is 4.69. The molecular formula is C21H22BrFN2O3. The minimum absolute atomic E-state index is 0.192. The van der Waals surface area contributed by atoms with Gasteiger partial charge in [-0.3, -0.25) is 9.69 Å². The van der Waals surface area contributed by atoms with E-state index in [-0.39, 0.29) is 18.1 Å². The van der Waals surface area contributed by atoms with Gasteiger partial charge in [0.25, 0.3) is 5.91 Å². The van der Waals surface area contributed by atoms with E-state index in [9.17, 15) is 14.0 Å². The molecule has 148 valence electrons. The number of hydrogen-bond acceptors (Lipinski definition) is 4. The molecule has 0 radical (unpaired) electrons. The normalized spacial score (nSPS) is 14.8. The molecule has 1 saturated heterocycles. The van der Waals surface area contributed by atoms with Crippen LogP contribution in [0, 0.1) is 12.7 Å². The Kier molecular flexibility index (Phi) is 6.80. The van der Waals surface area contributed by atoms with Crippen LogP contribution in [0.4, 0.5) is 4.39 Å². The number of esters is 1. The zero-order valence-corrected chi connectivity index (χ0v) is 17.2. The molecule has 0 saturated carbocycles. The number of aryl methyl sites for hydroxylation is 1. The fourth-order valence-corrected chi connectivity index (χ4v) is 3.69. The van der Waals surface area contributed by atoms with E-state index in [0.29, 0.717) is 17.6 Å². The van der Waals surface area contributed by atoms with Gasteiger partial charge < -0.3 is 9.64 Å². The van der Waals surface area contributed by atoms with Crippen LogP contribution in [0.1, 0.15) is 21.5 Å². The summed E-state index contributed by atoms with van der Waals surface area (Å²) in [6.45, 7) is 5.36. The third kappa shape index (κ3) is 5.39. The van der Waals surface area contributed by atoms with Gasteiger partial charge in [-0.2, -0.15) is 0 Å². The Morgan fingerprint density at radius 1 is 1.11 bits per heavy atom. The standard InChI is InChI=1S/C21H22BrFN2O3/c1-15-3-2-4-16(11-15)13-24-7-9-25(10-8-24)20(26)14-28-21(27)18-6-5-17(23)12-19(18)22/h2-6,11-12H,7-10,13-14H2,1H3. The maximum absolute atomic E-state index is 13.1. The molecule has 1 fully saturated rings. The zero-order chi connectivity index (χ0) is 20.1. The summed E-state index contributed by atoms with van der Waals surface area (Å²) in [6, 6.07) is 12.1. The first-order valence-electron chi connectivity index (χ1n) is 9.10. The topological polar surface area (TPSA) is 49.9 Å². The van der Waals surface area contributed by atoms with Gasteiger partial charge in [0.05, 0.1) is 5.56 Å². The van der Waals surface area contributed by atoms with Crippen LogP contribution in [0.3, 0.4) is 0 Å². The van der Waals surface area contributed by atoms with Gasteiger partial charge in [-0.1, -0.05) is 29.8 Å². The van der Waals surface area contributed by atoms with Crippen molar-refractivity contribution in [3.05, 3.63) is 69.4 Å². The lowest BCUT2D eigenvalue weighted by Gasteiger charge is -2.34. The fourth-order valence-electron chi connectivity index (χ4n) is 3.18. The number of carbonyl (C=O) groups is 2. The molecule has 2 aromatic rings. The van der Waals surface area contributed by atoms with Crippen LogP contribution < -0.4 is 0 Å². The van der Waals surface area contributed by atoms with Crippen molar-refractivity contribution in [3.8, 4) is 0 Å². The molecule has 0 aromatic heterocycles. The van der Waals surface area contributed by atoms with Crippen molar-refractivity contribution in [3.63, 3.8) is 0 Å². The van der Waals surface area contributed by atoms with Gasteiger partial charge >= 0.3 is 5.97 Å². The molecule has 1 amide bonds. The number of rotatable bonds is 5. The van der Waals surface area contributed by atoms with E-state index in [2.05, 4.69) is 52.0 Å². The van der Waals surface area contributed by atoms with E-state index in [0.717, 1.165) is 19.6 Å². The molecule has 1 aliphatic heterocycles. The van der Waals surface area contributed by atoms with E-state index in [1.807, 2.05) is 0 Å². The first-order chi connectivity index (χ1) is 13.4. The number of carbonyl (C=O) groups excluding carboxylic acids is 2. The lowest BCUT2D eigenvalue weighted by molar-refractivity contribution is -0.136. The average Bonchev–Trinajstić information content (AvgIpc) is 2.66. The molecule has 0 bridgehead atoms. The third-order valence-corrected chi connectivity index (χ3v) is 5.35. The smallest absolute Gasteiger partial charge is 0.339 e. The number of halogens is 2.